The largest absolute Gasteiger partial charge is 0.394 e. The molecule has 0 spiro atoms. The van der Waals surface area contributed by atoms with E-state index in [1.165, 1.54) is 12.2 Å². The molecule has 2 aromatic heterocycles. The van der Waals surface area contributed by atoms with Crippen molar-refractivity contribution in [3.8, 4) is 0 Å². The average molecular weight is 366 g/mol. The Labute approximate surface area is 158 Å². The van der Waals surface area contributed by atoms with Gasteiger partial charge in [-0.05, 0) is 45.1 Å². The van der Waals surface area contributed by atoms with Gasteiger partial charge in [0.1, 0.15) is 5.83 Å². The molecule has 0 aliphatic heterocycles. The Morgan fingerprint density at radius 3 is 2.78 bits per heavy atom. The van der Waals surface area contributed by atoms with Gasteiger partial charge in [-0.2, -0.15) is 0 Å². The summed E-state index contributed by atoms with van der Waals surface area (Å²) >= 11 is 0. The molecule has 27 heavy (non-hydrogen) atoms. The van der Waals surface area contributed by atoms with Crippen molar-refractivity contribution >= 4 is 22.8 Å². The van der Waals surface area contributed by atoms with Gasteiger partial charge in [0.05, 0.1) is 24.1 Å². The molecule has 2 rings (SSSR count). The van der Waals surface area contributed by atoms with Gasteiger partial charge in [0.2, 0.25) is 0 Å². The van der Waals surface area contributed by atoms with Gasteiger partial charge in [-0.25, -0.2) is 14.4 Å². The highest BCUT2D eigenvalue weighted by atomic mass is 19.1. The fourth-order valence-corrected chi connectivity index (χ4v) is 2.00. The molecule has 0 saturated carbocycles. The van der Waals surface area contributed by atoms with Crippen LogP contribution in [0.3, 0.4) is 0 Å². The highest BCUT2D eigenvalue weighted by molar-refractivity contribution is 5.93. The van der Waals surface area contributed by atoms with Crippen LogP contribution in [0.15, 0.2) is 65.8 Å². The summed E-state index contributed by atoms with van der Waals surface area (Å²) in [4.78, 5) is 17.2. The summed E-state index contributed by atoms with van der Waals surface area (Å²) in [5.74, 6) is 0.734. The SMILES string of the molecule is C\C=C(F)/C=C\C(C)=N\C=C(/C)c1ncc(N)c(NCc2ccccn2)n1. The summed E-state index contributed by atoms with van der Waals surface area (Å²) in [7, 11) is 0. The summed E-state index contributed by atoms with van der Waals surface area (Å²) in [6.07, 6.45) is 9.27. The number of hydrogen-bond acceptors (Lipinski definition) is 6. The van der Waals surface area contributed by atoms with Crippen LogP contribution in [-0.4, -0.2) is 20.7 Å². The van der Waals surface area contributed by atoms with Gasteiger partial charge in [0.15, 0.2) is 11.6 Å². The maximum atomic E-state index is 13.1. The molecule has 0 radical (unpaired) electrons. The standard InChI is InChI=1S/C20H23FN6/c1-4-16(21)9-8-15(3)24-11-14(2)19-26-13-18(22)20(27-19)25-12-17-7-5-6-10-23-17/h4-11,13H,12,22H2,1-3H3,(H,25,26,27)/b9-8-,14-11+,16-4+,24-15+. The minimum Gasteiger partial charge on any atom is -0.394 e. The van der Waals surface area contributed by atoms with Gasteiger partial charge in [-0.3, -0.25) is 9.98 Å². The number of anilines is 2. The monoisotopic (exact) mass is 366 g/mol. The molecule has 2 aromatic rings. The van der Waals surface area contributed by atoms with Crippen LogP contribution in [0, 0.1) is 0 Å². The van der Waals surface area contributed by atoms with Gasteiger partial charge in [-0.15, -0.1) is 0 Å². The lowest BCUT2D eigenvalue weighted by Gasteiger charge is -2.09. The Balaban J connectivity index is 2.12. The zero-order chi connectivity index (χ0) is 19.6. The lowest BCUT2D eigenvalue weighted by atomic mass is 10.3. The Kier molecular flexibility index (Phi) is 7.37. The number of allylic oxidation sites excluding steroid dienone is 5. The van der Waals surface area contributed by atoms with E-state index < -0.39 is 0 Å². The quantitative estimate of drug-likeness (QED) is 0.563. The molecule has 0 aliphatic carbocycles. The van der Waals surface area contributed by atoms with Crippen molar-refractivity contribution in [2.45, 2.75) is 27.3 Å². The number of aromatic nitrogens is 3. The first kappa shape index (κ1) is 20.0. The first-order valence-electron chi connectivity index (χ1n) is 8.47. The number of rotatable bonds is 7. The van der Waals surface area contributed by atoms with E-state index >= 15 is 0 Å². The van der Waals surface area contributed by atoms with E-state index in [1.807, 2.05) is 25.1 Å². The Morgan fingerprint density at radius 2 is 2.07 bits per heavy atom. The van der Waals surface area contributed by atoms with Crippen LogP contribution in [0.4, 0.5) is 15.9 Å². The second kappa shape index (κ2) is 9.96. The molecular weight excluding hydrogens is 343 g/mol. The topological polar surface area (TPSA) is 89.1 Å². The number of nitrogens with one attached hydrogen (secondary N) is 1. The molecule has 0 aliphatic rings. The molecule has 7 heteroatoms. The van der Waals surface area contributed by atoms with Crippen LogP contribution in [0.1, 0.15) is 32.3 Å². The van der Waals surface area contributed by atoms with E-state index in [1.54, 1.807) is 38.5 Å². The molecule has 0 unspecified atom stereocenters. The predicted octanol–water partition coefficient (Wildman–Crippen LogP) is 4.32. The summed E-state index contributed by atoms with van der Waals surface area (Å²) in [5.41, 5.74) is 8.70. The van der Waals surface area contributed by atoms with Gasteiger partial charge >= 0.3 is 0 Å². The van der Waals surface area contributed by atoms with Gasteiger partial charge < -0.3 is 11.1 Å². The number of aliphatic imine (C=N–C) groups is 1. The Bertz CT molecular complexity index is 885. The highest BCUT2D eigenvalue weighted by Crippen LogP contribution is 2.18. The number of nitrogens with two attached hydrogens (primary N) is 1. The first-order chi connectivity index (χ1) is 13.0. The minimum absolute atomic E-state index is 0.309. The number of hydrogen-bond donors (Lipinski definition) is 2. The molecule has 0 amide bonds. The van der Waals surface area contributed by atoms with Crippen molar-refractivity contribution in [2.24, 2.45) is 4.99 Å². The van der Waals surface area contributed by atoms with E-state index in [0.717, 1.165) is 11.3 Å². The fourth-order valence-electron chi connectivity index (χ4n) is 2.00. The van der Waals surface area contributed by atoms with Crippen molar-refractivity contribution in [3.63, 3.8) is 0 Å². The molecule has 0 saturated heterocycles. The molecule has 140 valence electrons. The van der Waals surface area contributed by atoms with Crippen LogP contribution in [0.5, 0.6) is 0 Å². The van der Waals surface area contributed by atoms with Gasteiger partial charge in [-0.1, -0.05) is 12.1 Å². The van der Waals surface area contributed by atoms with E-state index in [2.05, 4.69) is 25.3 Å². The summed E-state index contributed by atoms with van der Waals surface area (Å²) in [6, 6.07) is 5.69. The number of pyridine rings is 1. The second-order valence-corrected chi connectivity index (χ2v) is 5.76. The third kappa shape index (κ3) is 6.47. The fraction of sp³-hybridized carbons (Fsp3) is 0.200. The third-order valence-corrected chi connectivity index (χ3v) is 3.55. The number of nitrogen functional groups attached to an aromatic ring is 1. The summed E-state index contributed by atoms with van der Waals surface area (Å²) < 4.78 is 13.1. The Hall–Kier alpha value is -3.35. The predicted molar refractivity (Wildman–Crippen MR) is 109 cm³/mol. The summed E-state index contributed by atoms with van der Waals surface area (Å²) in [5, 5.41) is 3.17. The smallest absolute Gasteiger partial charge is 0.158 e. The lowest BCUT2D eigenvalue weighted by molar-refractivity contribution is 0.665. The van der Waals surface area contributed by atoms with Crippen LogP contribution < -0.4 is 11.1 Å². The van der Waals surface area contributed by atoms with Crippen LogP contribution >= 0.6 is 0 Å². The van der Waals surface area contributed by atoms with Crippen LogP contribution in [-0.2, 0) is 6.54 Å². The number of halogens is 1. The molecule has 6 nitrogen and oxygen atoms in total. The zero-order valence-electron chi connectivity index (χ0n) is 15.6. The first-order valence-corrected chi connectivity index (χ1v) is 8.47. The van der Waals surface area contributed by atoms with E-state index in [4.69, 9.17) is 5.73 Å². The van der Waals surface area contributed by atoms with Gasteiger partial charge in [0, 0.05) is 23.7 Å². The summed E-state index contributed by atoms with van der Waals surface area (Å²) in [6.45, 7) is 5.77. The molecule has 0 atom stereocenters. The average Bonchev–Trinajstić information content (AvgIpc) is 2.70. The minimum atomic E-state index is -0.309. The number of nitrogens with zero attached hydrogens (tertiary/aromatic N) is 4. The van der Waals surface area contributed by atoms with Crippen LogP contribution in [0.25, 0.3) is 5.57 Å². The maximum Gasteiger partial charge on any atom is 0.158 e. The molecule has 0 bridgehead atoms. The molecular formula is C20H23FN6. The van der Waals surface area contributed by atoms with Crippen molar-refractivity contribution in [1.82, 2.24) is 15.0 Å². The van der Waals surface area contributed by atoms with E-state index in [-0.39, 0.29) is 5.83 Å². The normalized spacial score (nSPS) is 13.3. The van der Waals surface area contributed by atoms with Crippen molar-refractivity contribution in [2.75, 3.05) is 11.1 Å². The third-order valence-electron chi connectivity index (χ3n) is 3.55. The van der Waals surface area contributed by atoms with Crippen molar-refractivity contribution in [1.29, 1.82) is 0 Å². The Morgan fingerprint density at radius 1 is 1.26 bits per heavy atom. The highest BCUT2D eigenvalue weighted by Gasteiger charge is 2.06. The second-order valence-electron chi connectivity index (χ2n) is 5.76. The molecule has 2 heterocycles. The molecule has 0 aromatic carbocycles. The lowest BCUT2D eigenvalue weighted by Crippen LogP contribution is -2.08. The maximum absolute atomic E-state index is 13.1. The van der Waals surface area contributed by atoms with Crippen molar-refractivity contribution in [3.05, 3.63) is 72.4 Å². The van der Waals surface area contributed by atoms with Gasteiger partial charge in [0.25, 0.3) is 0 Å². The van der Waals surface area contributed by atoms with E-state index in [0.29, 0.717) is 29.6 Å². The van der Waals surface area contributed by atoms with Crippen LogP contribution in [0.2, 0.25) is 0 Å². The van der Waals surface area contributed by atoms with Crippen molar-refractivity contribution < 1.29 is 4.39 Å². The van der Waals surface area contributed by atoms with E-state index in [9.17, 15) is 4.39 Å². The zero-order valence-corrected chi connectivity index (χ0v) is 15.6. The molecule has 0 fully saturated rings. The molecule has 3 N–H and O–H groups in total.